The predicted molar refractivity (Wildman–Crippen MR) is 187 cm³/mol. The number of hydrogen-bond donors (Lipinski definition) is 0. The van der Waals surface area contributed by atoms with Gasteiger partial charge in [-0.2, -0.15) is 0 Å². The van der Waals surface area contributed by atoms with Gasteiger partial charge in [-0.05, 0) is 35.9 Å². The van der Waals surface area contributed by atoms with Gasteiger partial charge < -0.3 is 4.42 Å². The van der Waals surface area contributed by atoms with Crippen molar-refractivity contribution in [1.29, 1.82) is 0 Å². The van der Waals surface area contributed by atoms with E-state index >= 15 is 0 Å². The van der Waals surface area contributed by atoms with Gasteiger partial charge in [-0.15, -0.1) is 0 Å². The average Bonchev–Trinajstić information content (AvgIpc) is 3.53. The lowest BCUT2D eigenvalue weighted by atomic mass is 9.99. The zero-order valence-electron chi connectivity index (χ0n) is 25.1. The van der Waals surface area contributed by atoms with Crippen LogP contribution in [0.5, 0.6) is 0 Å². The van der Waals surface area contributed by atoms with E-state index < -0.39 is 0 Å². The molecule has 5 aromatic carbocycles. The second-order valence-corrected chi connectivity index (χ2v) is 11.3. The Morgan fingerprint density at radius 3 is 1.74 bits per heavy atom. The molecule has 6 nitrogen and oxygen atoms in total. The Bertz CT molecular complexity index is 2520. The van der Waals surface area contributed by atoms with E-state index in [0.29, 0.717) is 23.2 Å². The van der Waals surface area contributed by atoms with Crippen LogP contribution in [0, 0.1) is 0 Å². The largest absolute Gasteiger partial charge is 0.438 e. The highest BCUT2D eigenvalue weighted by atomic mass is 16.3. The van der Waals surface area contributed by atoms with Gasteiger partial charge in [0.2, 0.25) is 5.71 Å². The SMILES string of the molecule is c1ccc(-c2nc(-c3ccccc3)nc(-c3cccc(-c4cccc5ccc(-c6ccc7c(n6)oc6ccccc67)nc45)c3)n2)cc1. The summed E-state index contributed by atoms with van der Waals surface area (Å²) in [6, 6.07) is 50.8. The van der Waals surface area contributed by atoms with Crippen molar-refractivity contribution in [2.24, 2.45) is 0 Å². The predicted octanol–water partition coefficient (Wildman–Crippen LogP) is 10.0. The van der Waals surface area contributed by atoms with Crippen LogP contribution in [0.15, 0.2) is 156 Å². The van der Waals surface area contributed by atoms with E-state index in [-0.39, 0.29) is 0 Å². The van der Waals surface area contributed by atoms with E-state index in [4.69, 9.17) is 29.3 Å². The van der Waals surface area contributed by atoms with E-state index in [0.717, 1.165) is 66.5 Å². The quantitative estimate of drug-likeness (QED) is 0.195. The third-order valence-corrected chi connectivity index (χ3v) is 8.36. The van der Waals surface area contributed by atoms with Crippen LogP contribution < -0.4 is 0 Å². The summed E-state index contributed by atoms with van der Waals surface area (Å²) in [5.74, 6) is 1.87. The molecule has 9 rings (SSSR count). The van der Waals surface area contributed by atoms with Gasteiger partial charge in [0, 0.05) is 38.4 Å². The lowest BCUT2D eigenvalue weighted by molar-refractivity contribution is 0.654. The van der Waals surface area contributed by atoms with Crippen molar-refractivity contribution in [2.45, 2.75) is 0 Å². The maximum atomic E-state index is 6.07. The van der Waals surface area contributed by atoms with Crippen LogP contribution in [-0.4, -0.2) is 24.9 Å². The standard InChI is InChI=1S/C41H25N5O/c1-3-11-27(12-4-1)38-44-39(28-13-5-2-6-14-28)46-40(45-38)30-17-9-16-29(25-30)31-19-10-15-26-21-23-34(42-37(26)31)35-24-22-33-32-18-7-8-20-36(32)47-41(33)43-35/h1-25H. The lowest BCUT2D eigenvalue weighted by Gasteiger charge is -2.11. The Balaban J connectivity index is 1.15. The second kappa shape index (κ2) is 11.1. The minimum Gasteiger partial charge on any atom is -0.438 e. The summed E-state index contributed by atoms with van der Waals surface area (Å²) in [6.07, 6.45) is 0. The maximum Gasteiger partial charge on any atom is 0.227 e. The summed E-state index contributed by atoms with van der Waals surface area (Å²) in [5.41, 5.74) is 8.64. The molecule has 220 valence electrons. The van der Waals surface area contributed by atoms with Gasteiger partial charge >= 0.3 is 0 Å². The smallest absolute Gasteiger partial charge is 0.227 e. The molecule has 0 aliphatic rings. The van der Waals surface area contributed by atoms with Crippen LogP contribution in [0.4, 0.5) is 0 Å². The van der Waals surface area contributed by atoms with Gasteiger partial charge in [-0.3, -0.25) is 0 Å². The Labute approximate surface area is 270 Å². The molecular weight excluding hydrogens is 578 g/mol. The second-order valence-electron chi connectivity index (χ2n) is 11.3. The van der Waals surface area contributed by atoms with Crippen LogP contribution in [0.3, 0.4) is 0 Å². The first-order chi connectivity index (χ1) is 23.3. The highest BCUT2D eigenvalue weighted by molar-refractivity contribution is 6.04. The molecular formula is C41H25N5O. The van der Waals surface area contributed by atoms with E-state index in [1.807, 2.05) is 103 Å². The summed E-state index contributed by atoms with van der Waals surface area (Å²) < 4.78 is 6.07. The molecule has 0 aliphatic carbocycles. The molecule has 9 aromatic rings. The van der Waals surface area contributed by atoms with E-state index in [9.17, 15) is 0 Å². The molecule has 0 N–H and O–H groups in total. The zero-order chi connectivity index (χ0) is 31.2. The zero-order valence-corrected chi connectivity index (χ0v) is 25.1. The van der Waals surface area contributed by atoms with Crippen molar-refractivity contribution in [3.05, 3.63) is 152 Å². The van der Waals surface area contributed by atoms with Gasteiger partial charge in [0.15, 0.2) is 17.5 Å². The summed E-state index contributed by atoms with van der Waals surface area (Å²) in [5, 5.41) is 3.09. The monoisotopic (exact) mass is 603 g/mol. The summed E-state index contributed by atoms with van der Waals surface area (Å²) >= 11 is 0. The molecule has 0 saturated heterocycles. The minimum absolute atomic E-state index is 0.605. The number of fused-ring (bicyclic) bond motifs is 4. The molecule has 47 heavy (non-hydrogen) atoms. The molecule has 0 fully saturated rings. The van der Waals surface area contributed by atoms with E-state index in [2.05, 4.69) is 48.5 Å². The normalized spacial score (nSPS) is 11.4. The number of rotatable bonds is 5. The number of aromatic nitrogens is 5. The number of benzene rings is 5. The van der Waals surface area contributed by atoms with Crippen LogP contribution >= 0.6 is 0 Å². The molecule has 0 atom stereocenters. The number of pyridine rings is 2. The first-order valence-electron chi connectivity index (χ1n) is 15.4. The topological polar surface area (TPSA) is 77.6 Å². The van der Waals surface area contributed by atoms with Gasteiger partial charge in [0.25, 0.3) is 0 Å². The molecule has 0 radical (unpaired) electrons. The van der Waals surface area contributed by atoms with Crippen LogP contribution in [0.2, 0.25) is 0 Å². The molecule has 4 aromatic heterocycles. The van der Waals surface area contributed by atoms with Crippen molar-refractivity contribution in [2.75, 3.05) is 0 Å². The van der Waals surface area contributed by atoms with E-state index in [1.54, 1.807) is 0 Å². The van der Waals surface area contributed by atoms with Gasteiger partial charge in [-0.1, -0.05) is 121 Å². The van der Waals surface area contributed by atoms with Gasteiger partial charge in [0.05, 0.1) is 16.9 Å². The van der Waals surface area contributed by atoms with Crippen molar-refractivity contribution in [1.82, 2.24) is 24.9 Å². The van der Waals surface area contributed by atoms with Crippen molar-refractivity contribution in [3.63, 3.8) is 0 Å². The molecule has 6 heteroatoms. The molecule has 0 spiro atoms. The molecule has 0 unspecified atom stereocenters. The molecule has 0 aliphatic heterocycles. The number of hydrogen-bond acceptors (Lipinski definition) is 6. The summed E-state index contributed by atoms with van der Waals surface area (Å²) in [6.45, 7) is 0. The lowest BCUT2D eigenvalue weighted by Crippen LogP contribution is -2.00. The van der Waals surface area contributed by atoms with Crippen molar-refractivity contribution < 1.29 is 4.42 Å². The Hall–Kier alpha value is -6.53. The number of para-hydroxylation sites is 2. The Morgan fingerprint density at radius 1 is 0.383 bits per heavy atom. The molecule has 0 saturated carbocycles. The van der Waals surface area contributed by atoms with Crippen LogP contribution in [0.25, 0.3) is 89.7 Å². The summed E-state index contributed by atoms with van der Waals surface area (Å²) in [7, 11) is 0. The average molecular weight is 604 g/mol. The fourth-order valence-electron chi connectivity index (χ4n) is 6.03. The third-order valence-electron chi connectivity index (χ3n) is 8.36. The maximum absolute atomic E-state index is 6.07. The van der Waals surface area contributed by atoms with Gasteiger partial charge in [0.1, 0.15) is 5.58 Å². The molecule has 4 heterocycles. The highest BCUT2D eigenvalue weighted by Gasteiger charge is 2.15. The Kier molecular flexibility index (Phi) is 6.35. The first-order valence-corrected chi connectivity index (χ1v) is 15.4. The number of furan rings is 1. The van der Waals surface area contributed by atoms with E-state index in [1.165, 1.54) is 0 Å². The number of nitrogens with zero attached hydrogens (tertiary/aromatic N) is 5. The fraction of sp³-hybridized carbons (Fsp3) is 0. The van der Waals surface area contributed by atoms with Gasteiger partial charge in [-0.25, -0.2) is 24.9 Å². The minimum atomic E-state index is 0.605. The van der Waals surface area contributed by atoms with Crippen LogP contribution in [-0.2, 0) is 0 Å². The van der Waals surface area contributed by atoms with Crippen molar-refractivity contribution in [3.8, 4) is 56.7 Å². The van der Waals surface area contributed by atoms with Crippen molar-refractivity contribution >= 4 is 33.0 Å². The first kappa shape index (κ1) is 26.8. The fourth-order valence-corrected chi connectivity index (χ4v) is 6.03. The Morgan fingerprint density at radius 2 is 0.979 bits per heavy atom. The van der Waals surface area contributed by atoms with Crippen LogP contribution in [0.1, 0.15) is 0 Å². The highest BCUT2D eigenvalue weighted by Crippen LogP contribution is 2.34. The summed E-state index contributed by atoms with van der Waals surface area (Å²) in [4.78, 5) is 24.7. The molecule has 0 amide bonds. The molecule has 0 bridgehead atoms. The third kappa shape index (κ3) is 4.89.